The van der Waals surface area contributed by atoms with E-state index in [1.54, 1.807) is 12.1 Å². The minimum Gasteiger partial charge on any atom is -0.496 e. The van der Waals surface area contributed by atoms with Gasteiger partial charge in [0.25, 0.3) is 5.91 Å². The van der Waals surface area contributed by atoms with Crippen molar-refractivity contribution in [3.63, 3.8) is 0 Å². The maximum atomic E-state index is 12.0. The number of methoxy groups -OCH3 is 1. The van der Waals surface area contributed by atoms with Crippen LogP contribution in [0, 0.1) is 12.3 Å². The Labute approximate surface area is 119 Å². The van der Waals surface area contributed by atoms with Crippen molar-refractivity contribution in [2.24, 2.45) is 0 Å². The average Bonchev–Trinajstić information content (AvgIpc) is 2.37. The van der Waals surface area contributed by atoms with Crippen molar-refractivity contribution in [2.45, 2.75) is 12.5 Å². The second kappa shape index (κ2) is 6.81. The number of carboxylic acid groups (broad SMARTS) is 1. The minimum atomic E-state index is -1.18. The van der Waals surface area contributed by atoms with E-state index in [1.165, 1.54) is 13.2 Å². The predicted molar refractivity (Wildman–Crippen MR) is 73.0 cm³/mol. The van der Waals surface area contributed by atoms with Gasteiger partial charge in [0.2, 0.25) is 0 Å². The van der Waals surface area contributed by atoms with Gasteiger partial charge < -0.3 is 15.2 Å². The van der Waals surface area contributed by atoms with Gasteiger partial charge in [-0.05, 0) is 18.2 Å². The SMILES string of the molecule is C#CCC(NC(=O)c1ccc(Br)cc1OC)C(=O)O. The molecule has 0 heterocycles. The van der Waals surface area contributed by atoms with E-state index < -0.39 is 17.9 Å². The number of rotatable bonds is 5. The van der Waals surface area contributed by atoms with Crippen molar-refractivity contribution in [1.82, 2.24) is 5.32 Å². The molecule has 0 aliphatic heterocycles. The van der Waals surface area contributed by atoms with Gasteiger partial charge >= 0.3 is 5.97 Å². The summed E-state index contributed by atoms with van der Waals surface area (Å²) in [4.78, 5) is 22.9. The van der Waals surface area contributed by atoms with Gasteiger partial charge in [-0.1, -0.05) is 15.9 Å². The highest BCUT2D eigenvalue weighted by molar-refractivity contribution is 9.10. The second-order valence-electron chi connectivity index (χ2n) is 3.62. The number of aliphatic carboxylic acids is 1. The van der Waals surface area contributed by atoms with Gasteiger partial charge in [-0.2, -0.15) is 0 Å². The highest BCUT2D eigenvalue weighted by atomic mass is 79.9. The first-order valence-electron chi connectivity index (χ1n) is 5.30. The zero-order valence-electron chi connectivity index (χ0n) is 10.1. The van der Waals surface area contributed by atoms with Crippen LogP contribution in [0.1, 0.15) is 16.8 Å². The van der Waals surface area contributed by atoms with E-state index in [4.69, 9.17) is 16.3 Å². The summed E-state index contributed by atoms with van der Waals surface area (Å²) in [6.45, 7) is 0. The molecular weight excluding hydrogens is 314 g/mol. The Balaban J connectivity index is 2.94. The number of hydrogen-bond donors (Lipinski definition) is 2. The number of carbonyl (C=O) groups is 2. The standard InChI is InChI=1S/C13H12BrNO4/c1-3-4-10(13(17)18)15-12(16)9-6-5-8(14)7-11(9)19-2/h1,5-7,10H,4H2,2H3,(H,15,16)(H,17,18). The van der Waals surface area contributed by atoms with Crippen molar-refractivity contribution < 1.29 is 19.4 Å². The summed E-state index contributed by atoms with van der Waals surface area (Å²) in [6.07, 6.45) is 4.98. The lowest BCUT2D eigenvalue weighted by Gasteiger charge is -2.13. The third-order valence-corrected chi connectivity index (χ3v) is 2.83. The van der Waals surface area contributed by atoms with Crippen molar-refractivity contribution in [3.05, 3.63) is 28.2 Å². The van der Waals surface area contributed by atoms with Gasteiger partial charge in [0.15, 0.2) is 0 Å². The quantitative estimate of drug-likeness (QED) is 0.807. The molecule has 5 nitrogen and oxygen atoms in total. The van der Waals surface area contributed by atoms with Gasteiger partial charge in [-0.3, -0.25) is 4.79 Å². The zero-order valence-corrected chi connectivity index (χ0v) is 11.7. The van der Waals surface area contributed by atoms with E-state index in [0.717, 1.165) is 4.47 Å². The molecule has 0 saturated heterocycles. The average molecular weight is 326 g/mol. The normalized spacial score (nSPS) is 11.2. The Morgan fingerprint density at radius 3 is 2.79 bits per heavy atom. The first-order chi connectivity index (χ1) is 8.99. The fraction of sp³-hybridized carbons (Fsp3) is 0.231. The Kier molecular flexibility index (Phi) is 5.39. The molecule has 0 aliphatic carbocycles. The molecular formula is C13H12BrNO4. The summed E-state index contributed by atoms with van der Waals surface area (Å²) < 4.78 is 5.82. The van der Waals surface area contributed by atoms with Crippen LogP contribution in [0.3, 0.4) is 0 Å². The smallest absolute Gasteiger partial charge is 0.327 e. The Hall–Kier alpha value is -2.00. The lowest BCUT2D eigenvalue weighted by molar-refractivity contribution is -0.139. The minimum absolute atomic E-state index is 0.0834. The Bertz CT molecular complexity index is 536. The maximum absolute atomic E-state index is 12.0. The number of amides is 1. The van der Waals surface area contributed by atoms with Crippen LogP contribution >= 0.6 is 15.9 Å². The topological polar surface area (TPSA) is 75.6 Å². The van der Waals surface area contributed by atoms with Crippen molar-refractivity contribution in [1.29, 1.82) is 0 Å². The van der Waals surface area contributed by atoms with E-state index >= 15 is 0 Å². The van der Waals surface area contributed by atoms with Crippen LogP contribution < -0.4 is 10.1 Å². The van der Waals surface area contributed by atoms with Gasteiger partial charge in [-0.25, -0.2) is 4.79 Å². The molecule has 1 unspecified atom stereocenters. The van der Waals surface area contributed by atoms with Crippen LogP contribution in [0.4, 0.5) is 0 Å². The van der Waals surface area contributed by atoms with E-state index in [1.807, 2.05) is 0 Å². The van der Waals surface area contributed by atoms with Crippen LogP contribution in [0.5, 0.6) is 5.75 Å². The summed E-state index contributed by atoms with van der Waals surface area (Å²) in [7, 11) is 1.43. The highest BCUT2D eigenvalue weighted by Gasteiger charge is 2.21. The largest absolute Gasteiger partial charge is 0.496 e. The summed E-state index contributed by atoms with van der Waals surface area (Å²) in [5.41, 5.74) is 0.244. The van der Waals surface area contributed by atoms with Crippen LogP contribution in [0.25, 0.3) is 0 Å². The molecule has 0 spiro atoms. The molecule has 1 rings (SSSR count). The van der Waals surface area contributed by atoms with Crippen LogP contribution in [-0.2, 0) is 4.79 Å². The molecule has 2 N–H and O–H groups in total. The molecule has 6 heteroatoms. The zero-order chi connectivity index (χ0) is 14.4. The van der Waals surface area contributed by atoms with Crippen molar-refractivity contribution in [3.8, 4) is 18.1 Å². The van der Waals surface area contributed by atoms with E-state index in [0.29, 0.717) is 5.75 Å². The van der Waals surface area contributed by atoms with Gasteiger partial charge in [0, 0.05) is 10.9 Å². The predicted octanol–water partition coefficient (Wildman–Crippen LogP) is 1.66. The first-order valence-corrected chi connectivity index (χ1v) is 6.09. The number of carbonyl (C=O) groups excluding carboxylic acids is 1. The third-order valence-electron chi connectivity index (χ3n) is 2.33. The monoisotopic (exact) mass is 325 g/mol. The molecule has 0 bridgehead atoms. The summed E-state index contributed by atoms with van der Waals surface area (Å²) in [5.74, 6) is 0.826. The number of hydrogen-bond acceptors (Lipinski definition) is 3. The molecule has 0 aromatic heterocycles. The van der Waals surface area contributed by atoms with Gasteiger partial charge in [0.05, 0.1) is 12.7 Å². The maximum Gasteiger partial charge on any atom is 0.327 e. The molecule has 0 fully saturated rings. The van der Waals surface area contributed by atoms with Gasteiger partial charge in [0.1, 0.15) is 11.8 Å². The highest BCUT2D eigenvalue weighted by Crippen LogP contribution is 2.23. The number of ether oxygens (including phenoxy) is 1. The second-order valence-corrected chi connectivity index (χ2v) is 4.53. The van der Waals surface area contributed by atoms with Crippen LogP contribution in [0.15, 0.2) is 22.7 Å². The van der Waals surface area contributed by atoms with Crippen LogP contribution in [0.2, 0.25) is 0 Å². The first kappa shape index (κ1) is 15.1. The van der Waals surface area contributed by atoms with Crippen molar-refractivity contribution >= 4 is 27.8 Å². The lowest BCUT2D eigenvalue weighted by Crippen LogP contribution is -2.40. The Morgan fingerprint density at radius 1 is 1.58 bits per heavy atom. The summed E-state index contributed by atoms with van der Waals surface area (Å²) >= 11 is 3.25. The van der Waals surface area contributed by atoms with E-state index in [2.05, 4.69) is 27.2 Å². The summed E-state index contributed by atoms with van der Waals surface area (Å²) in [5, 5.41) is 11.3. The van der Waals surface area contributed by atoms with Crippen LogP contribution in [-0.4, -0.2) is 30.1 Å². The molecule has 19 heavy (non-hydrogen) atoms. The molecule has 1 aromatic carbocycles. The number of terminal acetylenes is 1. The molecule has 100 valence electrons. The summed E-state index contributed by atoms with van der Waals surface area (Å²) in [6, 6.07) is 3.69. The molecule has 0 radical (unpaired) electrons. The molecule has 1 atom stereocenters. The van der Waals surface area contributed by atoms with Gasteiger partial charge in [-0.15, -0.1) is 12.3 Å². The Morgan fingerprint density at radius 2 is 2.26 bits per heavy atom. The number of halogens is 1. The molecule has 0 saturated carbocycles. The third kappa shape index (κ3) is 4.00. The van der Waals surface area contributed by atoms with Crippen molar-refractivity contribution in [2.75, 3.05) is 7.11 Å². The molecule has 1 amide bonds. The molecule has 0 aliphatic rings. The van der Waals surface area contributed by atoms with E-state index in [9.17, 15) is 9.59 Å². The van der Waals surface area contributed by atoms with E-state index in [-0.39, 0.29) is 12.0 Å². The fourth-order valence-electron chi connectivity index (χ4n) is 1.41. The number of nitrogens with one attached hydrogen (secondary N) is 1. The number of benzene rings is 1. The fourth-order valence-corrected chi connectivity index (χ4v) is 1.75. The lowest BCUT2D eigenvalue weighted by atomic mass is 10.1. The number of carboxylic acids is 1. The molecule has 1 aromatic rings.